The third-order valence-corrected chi connectivity index (χ3v) is 4.43. The Bertz CT molecular complexity index is 273. The molecule has 0 radical (unpaired) electrons. The van der Waals surface area contributed by atoms with E-state index in [2.05, 4.69) is 29.1 Å². The molecule has 1 fully saturated rings. The minimum absolute atomic E-state index is 0.523. The molecular formula is C14H23NS. The highest BCUT2D eigenvalue weighted by atomic mass is 32.1. The molecule has 0 aliphatic heterocycles. The second kappa shape index (κ2) is 6.41. The van der Waals surface area contributed by atoms with E-state index < -0.39 is 0 Å². The highest BCUT2D eigenvalue weighted by Crippen LogP contribution is 2.23. The maximum atomic E-state index is 3.69. The first-order chi connectivity index (χ1) is 7.86. The van der Waals surface area contributed by atoms with Gasteiger partial charge < -0.3 is 5.32 Å². The molecule has 1 aromatic rings. The van der Waals surface area contributed by atoms with Crippen LogP contribution >= 0.6 is 11.3 Å². The number of hydrogen-bond acceptors (Lipinski definition) is 2. The molecular weight excluding hydrogens is 214 g/mol. The molecule has 2 heteroatoms. The molecule has 1 aliphatic rings. The van der Waals surface area contributed by atoms with Gasteiger partial charge in [-0.05, 0) is 54.6 Å². The van der Waals surface area contributed by atoms with Gasteiger partial charge >= 0.3 is 0 Å². The Morgan fingerprint density at radius 1 is 1.31 bits per heavy atom. The standard InChI is InChI=1S/C14H23NS/c1-12(14-8-9-16-11-14)15-10-13-6-4-2-3-5-7-13/h8-9,11-13,15H,2-7,10H2,1H3. The molecule has 90 valence electrons. The molecule has 1 saturated carbocycles. The molecule has 1 atom stereocenters. The Balaban J connectivity index is 1.73. The Morgan fingerprint density at radius 3 is 2.69 bits per heavy atom. The van der Waals surface area contributed by atoms with Crippen LogP contribution in [0.25, 0.3) is 0 Å². The molecule has 0 spiro atoms. The molecule has 0 aromatic carbocycles. The summed E-state index contributed by atoms with van der Waals surface area (Å²) in [6, 6.07) is 2.75. The van der Waals surface area contributed by atoms with Crippen molar-refractivity contribution in [1.82, 2.24) is 5.32 Å². The summed E-state index contributed by atoms with van der Waals surface area (Å²) in [7, 11) is 0. The number of rotatable bonds is 4. The zero-order valence-electron chi connectivity index (χ0n) is 10.2. The zero-order chi connectivity index (χ0) is 11.2. The Hall–Kier alpha value is -0.340. The first-order valence-corrected chi connectivity index (χ1v) is 7.56. The van der Waals surface area contributed by atoms with E-state index in [1.165, 1.54) is 50.6 Å². The van der Waals surface area contributed by atoms with Gasteiger partial charge in [0.1, 0.15) is 0 Å². The van der Waals surface area contributed by atoms with Crippen molar-refractivity contribution in [2.75, 3.05) is 6.54 Å². The van der Waals surface area contributed by atoms with Gasteiger partial charge in [0.15, 0.2) is 0 Å². The minimum Gasteiger partial charge on any atom is -0.310 e. The van der Waals surface area contributed by atoms with Gasteiger partial charge in [0.25, 0.3) is 0 Å². The second-order valence-electron chi connectivity index (χ2n) is 5.04. The van der Waals surface area contributed by atoms with Crippen LogP contribution in [0.1, 0.15) is 57.1 Å². The summed E-state index contributed by atoms with van der Waals surface area (Å²) in [6.45, 7) is 3.48. The summed E-state index contributed by atoms with van der Waals surface area (Å²) in [4.78, 5) is 0. The van der Waals surface area contributed by atoms with Crippen molar-refractivity contribution in [3.63, 3.8) is 0 Å². The van der Waals surface area contributed by atoms with Crippen molar-refractivity contribution in [2.45, 2.75) is 51.5 Å². The molecule has 1 aromatic heterocycles. The molecule has 1 nitrogen and oxygen atoms in total. The topological polar surface area (TPSA) is 12.0 Å². The summed E-state index contributed by atoms with van der Waals surface area (Å²) in [5.74, 6) is 0.920. The molecule has 16 heavy (non-hydrogen) atoms. The fourth-order valence-electron chi connectivity index (χ4n) is 2.55. The number of thiophene rings is 1. The van der Waals surface area contributed by atoms with Crippen LogP contribution in [0.2, 0.25) is 0 Å². The molecule has 2 rings (SSSR count). The van der Waals surface area contributed by atoms with Crippen LogP contribution < -0.4 is 5.32 Å². The lowest BCUT2D eigenvalue weighted by molar-refractivity contribution is 0.403. The van der Waals surface area contributed by atoms with Gasteiger partial charge in [0.2, 0.25) is 0 Å². The number of hydrogen-bond donors (Lipinski definition) is 1. The van der Waals surface area contributed by atoms with Crippen LogP contribution in [0.15, 0.2) is 16.8 Å². The van der Waals surface area contributed by atoms with E-state index in [1.54, 1.807) is 11.3 Å². The van der Waals surface area contributed by atoms with Crippen LogP contribution in [0, 0.1) is 5.92 Å². The summed E-state index contributed by atoms with van der Waals surface area (Å²) < 4.78 is 0. The lowest BCUT2D eigenvalue weighted by Crippen LogP contribution is -2.25. The van der Waals surface area contributed by atoms with Gasteiger partial charge in [-0.3, -0.25) is 0 Å². The minimum atomic E-state index is 0.523. The molecule has 0 bridgehead atoms. The maximum absolute atomic E-state index is 3.69. The monoisotopic (exact) mass is 237 g/mol. The SMILES string of the molecule is CC(NCC1CCCCCC1)c1ccsc1. The first kappa shape index (κ1) is 12.1. The van der Waals surface area contributed by atoms with Crippen LogP contribution in [0.5, 0.6) is 0 Å². The lowest BCUT2D eigenvalue weighted by Gasteiger charge is -2.18. The summed E-state index contributed by atoms with van der Waals surface area (Å²) in [5.41, 5.74) is 1.44. The molecule has 1 N–H and O–H groups in total. The zero-order valence-corrected chi connectivity index (χ0v) is 11.1. The fourth-order valence-corrected chi connectivity index (χ4v) is 3.30. The van der Waals surface area contributed by atoms with Crippen LogP contribution in [0.4, 0.5) is 0 Å². The third-order valence-electron chi connectivity index (χ3n) is 3.73. The predicted octanol–water partition coefficient (Wildman–Crippen LogP) is 4.37. The van der Waals surface area contributed by atoms with Crippen LogP contribution in [0.3, 0.4) is 0 Å². The smallest absolute Gasteiger partial charge is 0.0300 e. The van der Waals surface area contributed by atoms with E-state index in [4.69, 9.17) is 0 Å². The Morgan fingerprint density at radius 2 is 2.06 bits per heavy atom. The largest absolute Gasteiger partial charge is 0.310 e. The van der Waals surface area contributed by atoms with Gasteiger partial charge in [-0.25, -0.2) is 0 Å². The summed E-state index contributed by atoms with van der Waals surface area (Å²) in [5, 5.41) is 8.11. The maximum Gasteiger partial charge on any atom is 0.0300 e. The quantitative estimate of drug-likeness (QED) is 0.767. The molecule has 1 aliphatic carbocycles. The molecule has 1 heterocycles. The van der Waals surface area contributed by atoms with Gasteiger partial charge in [0, 0.05) is 6.04 Å². The highest BCUT2D eigenvalue weighted by Gasteiger charge is 2.13. The van der Waals surface area contributed by atoms with E-state index in [-0.39, 0.29) is 0 Å². The van der Waals surface area contributed by atoms with Crippen molar-refractivity contribution >= 4 is 11.3 Å². The van der Waals surface area contributed by atoms with Crippen molar-refractivity contribution < 1.29 is 0 Å². The normalized spacial score (nSPS) is 20.6. The average molecular weight is 237 g/mol. The molecule has 0 amide bonds. The average Bonchev–Trinajstić information content (AvgIpc) is 2.71. The molecule has 0 saturated heterocycles. The van der Waals surface area contributed by atoms with E-state index in [1.807, 2.05) is 0 Å². The predicted molar refractivity (Wildman–Crippen MR) is 71.9 cm³/mol. The van der Waals surface area contributed by atoms with Crippen molar-refractivity contribution in [3.05, 3.63) is 22.4 Å². The highest BCUT2D eigenvalue weighted by molar-refractivity contribution is 7.07. The van der Waals surface area contributed by atoms with E-state index in [0.29, 0.717) is 6.04 Å². The first-order valence-electron chi connectivity index (χ1n) is 6.62. The number of nitrogens with one attached hydrogen (secondary N) is 1. The third kappa shape index (κ3) is 3.60. The summed E-state index contributed by atoms with van der Waals surface area (Å²) >= 11 is 1.79. The Labute approximate surface area is 103 Å². The fraction of sp³-hybridized carbons (Fsp3) is 0.714. The van der Waals surface area contributed by atoms with Crippen LogP contribution in [-0.2, 0) is 0 Å². The van der Waals surface area contributed by atoms with Crippen molar-refractivity contribution in [3.8, 4) is 0 Å². The van der Waals surface area contributed by atoms with E-state index >= 15 is 0 Å². The lowest BCUT2D eigenvalue weighted by atomic mass is 10.00. The Kier molecular flexibility index (Phi) is 4.86. The second-order valence-corrected chi connectivity index (χ2v) is 5.82. The van der Waals surface area contributed by atoms with E-state index in [0.717, 1.165) is 5.92 Å². The van der Waals surface area contributed by atoms with E-state index in [9.17, 15) is 0 Å². The molecule has 1 unspecified atom stereocenters. The van der Waals surface area contributed by atoms with Gasteiger partial charge in [-0.2, -0.15) is 11.3 Å². The van der Waals surface area contributed by atoms with Gasteiger partial charge in [-0.1, -0.05) is 25.7 Å². The van der Waals surface area contributed by atoms with Gasteiger partial charge in [0.05, 0.1) is 0 Å². The van der Waals surface area contributed by atoms with Gasteiger partial charge in [-0.15, -0.1) is 0 Å². The van der Waals surface area contributed by atoms with Crippen molar-refractivity contribution in [1.29, 1.82) is 0 Å². The van der Waals surface area contributed by atoms with Crippen LogP contribution in [-0.4, -0.2) is 6.54 Å². The summed E-state index contributed by atoms with van der Waals surface area (Å²) in [6.07, 6.45) is 8.66. The van der Waals surface area contributed by atoms with Crippen molar-refractivity contribution in [2.24, 2.45) is 5.92 Å².